The van der Waals surface area contributed by atoms with E-state index < -0.39 is 0 Å². The lowest BCUT2D eigenvalue weighted by Gasteiger charge is -2.07. The summed E-state index contributed by atoms with van der Waals surface area (Å²) in [7, 11) is 1.75. The van der Waals surface area contributed by atoms with Gasteiger partial charge in [0.25, 0.3) is 5.91 Å². The van der Waals surface area contributed by atoms with Crippen LogP contribution in [-0.4, -0.2) is 25.5 Å². The molecule has 0 unspecified atom stereocenters. The molecule has 26 heavy (non-hydrogen) atoms. The highest BCUT2D eigenvalue weighted by Gasteiger charge is 2.16. The van der Waals surface area contributed by atoms with Crippen molar-refractivity contribution in [1.29, 1.82) is 0 Å². The molecule has 6 nitrogen and oxygen atoms in total. The molecular formula is C19H16IN5O. The van der Waals surface area contributed by atoms with Crippen molar-refractivity contribution in [2.45, 2.75) is 6.54 Å². The maximum absolute atomic E-state index is 12.4. The maximum Gasteiger partial charge on any atom is 0.275 e. The number of nitrogens with one attached hydrogen (secondary N) is 1. The fourth-order valence-electron chi connectivity index (χ4n) is 2.98. The van der Waals surface area contributed by atoms with Crippen LogP contribution in [0.1, 0.15) is 16.1 Å². The topological polar surface area (TPSA) is 64.7 Å². The van der Waals surface area contributed by atoms with Gasteiger partial charge in [0, 0.05) is 13.2 Å². The lowest BCUT2D eigenvalue weighted by molar-refractivity contribution is 0.101. The van der Waals surface area contributed by atoms with E-state index in [4.69, 9.17) is 0 Å². The second-order valence-corrected chi connectivity index (χ2v) is 7.15. The lowest BCUT2D eigenvalue weighted by Crippen LogP contribution is -2.17. The molecule has 2 aromatic heterocycles. The summed E-state index contributed by atoms with van der Waals surface area (Å²) in [5, 5.41) is 13.8. The minimum atomic E-state index is -0.195. The van der Waals surface area contributed by atoms with E-state index in [1.54, 1.807) is 24.1 Å². The van der Waals surface area contributed by atoms with E-state index in [0.29, 0.717) is 17.9 Å². The average Bonchev–Trinajstić information content (AvgIpc) is 3.21. The number of carbonyl (C=O) groups is 1. The van der Waals surface area contributed by atoms with Gasteiger partial charge in [0.15, 0.2) is 0 Å². The summed E-state index contributed by atoms with van der Waals surface area (Å²) in [6, 6.07) is 14.5. The third-order valence-electron chi connectivity index (χ3n) is 4.21. The first-order valence-electron chi connectivity index (χ1n) is 8.10. The Morgan fingerprint density at radius 3 is 2.73 bits per heavy atom. The van der Waals surface area contributed by atoms with Gasteiger partial charge < -0.3 is 5.32 Å². The molecule has 1 amide bonds. The van der Waals surface area contributed by atoms with E-state index in [1.807, 2.05) is 29.1 Å². The predicted octanol–water partition coefficient (Wildman–Crippen LogP) is 3.68. The average molecular weight is 457 g/mol. The molecule has 7 heteroatoms. The highest BCUT2D eigenvalue weighted by Crippen LogP contribution is 2.20. The number of anilines is 1. The van der Waals surface area contributed by atoms with Gasteiger partial charge in [0.2, 0.25) is 0 Å². The van der Waals surface area contributed by atoms with E-state index in [0.717, 1.165) is 3.57 Å². The van der Waals surface area contributed by atoms with Gasteiger partial charge >= 0.3 is 0 Å². The number of amides is 1. The third kappa shape index (κ3) is 3.22. The summed E-state index contributed by atoms with van der Waals surface area (Å²) >= 11 is 2.10. The van der Waals surface area contributed by atoms with E-state index >= 15 is 0 Å². The van der Waals surface area contributed by atoms with Crippen molar-refractivity contribution in [1.82, 2.24) is 19.6 Å². The molecule has 0 saturated heterocycles. The number of nitrogens with zero attached hydrogens (tertiary/aromatic N) is 4. The zero-order valence-corrected chi connectivity index (χ0v) is 16.2. The normalized spacial score (nSPS) is 11.0. The Kier molecular flexibility index (Phi) is 4.46. The number of carbonyl (C=O) groups excluding carboxylic acids is 1. The Morgan fingerprint density at radius 1 is 1.12 bits per heavy atom. The maximum atomic E-state index is 12.4. The molecule has 2 heterocycles. The lowest BCUT2D eigenvalue weighted by atomic mass is 10.0. The van der Waals surface area contributed by atoms with Gasteiger partial charge in [0.1, 0.15) is 5.69 Å². The van der Waals surface area contributed by atoms with Crippen LogP contribution in [0.15, 0.2) is 61.1 Å². The van der Waals surface area contributed by atoms with Gasteiger partial charge in [-0.05, 0) is 38.9 Å². The Hall–Kier alpha value is -2.68. The summed E-state index contributed by atoms with van der Waals surface area (Å²) in [5.41, 5.74) is 2.38. The molecule has 4 rings (SSSR count). The van der Waals surface area contributed by atoms with Crippen molar-refractivity contribution in [2.24, 2.45) is 7.05 Å². The van der Waals surface area contributed by atoms with Crippen molar-refractivity contribution in [3.8, 4) is 0 Å². The second kappa shape index (κ2) is 6.91. The molecule has 0 aliphatic heterocycles. The molecule has 0 saturated carbocycles. The van der Waals surface area contributed by atoms with E-state index in [-0.39, 0.29) is 5.91 Å². The first kappa shape index (κ1) is 16.8. The number of hydrogen-bond acceptors (Lipinski definition) is 3. The largest absolute Gasteiger partial charge is 0.318 e. The van der Waals surface area contributed by atoms with Crippen LogP contribution in [0.2, 0.25) is 0 Å². The summed E-state index contributed by atoms with van der Waals surface area (Å²) in [6.45, 7) is 0.639. The number of fused-ring (bicyclic) bond motifs is 1. The Balaban J connectivity index is 1.54. The summed E-state index contributed by atoms with van der Waals surface area (Å²) in [5.74, 6) is -0.195. The summed E-state index contributed by atoms with van der Waals surface area (Å²) in [4.78, 5) is 12.4. The SMILES string of the molecule is Cn1ncc(I)c1C(=O)Nc1cnn(Cc2cccc3ccccc23)c1. The van der Waals surface area contributed by atoms with E-state index in [9.17, 15) is 4.79 Å². The van der Waals surface area contributed by atoms with Crippen LogP contribution in [0.3, 0.4) is 0 Å². The number of benzene rings is 2. The molecule has 0 aliphatic rings. The van der Waals surface area contributed by atoms with Gasteiger partial charge in [-0.3, -0.25) is 14.2 Å². The number of aryl methyl sites for hydroxylation is 1. The van der Waals surface area contributed by atoms with Gasteiger partial charge in [-0.15, -0.1) is 0 Å². The van der Waals surface area contributed by atoms with Crippen LogP contribution in [0.5, 0.6) is 0 Å². The van der Waals surface area contributed by atoms with Gasteiger partial charge in [-0.25, -0.2) is 0 Å². The fourth-order valence-corrected chi connectivity index (χ4v) is 3.69. The molecule has 2 aromatic carbocycles. The highest BCUT2D eigenvalue weighted by atomic mass is 127. The minimum Gasteiger partial charge on any atom is -0.318 e. The molecular weight excluding hydrogens is 441 g/mol. The molecule has 1 N–H and O–H groups in total. The smallest absolute Gasteiger partial charge is 0.275 e. The monoisotopic (exact) mass is 457 g/mol. The standard InChI is InChI=1S/C19H16IN5O/c1-24-18(17(20)10-21-24)19(26)23-15-9-22-25(12-15)11-14-7-4-6-13-5-2-3-8-16(13)14/h2-10,12H,11H2,1H3,(H,23,26). The molecule has 0 radical (unpaired) electrons. The molecule has 0 aliphatic carbocycles. The predicted molar refractivity (Wildman–Crippen MR) is 109 cm³/mol. The van der Waals surface area contributed by atoms with Crippen molar-refractivity contribution in [2.75, 3.05) is 5.32 Å². The quantitative estimate of drug-likeness (QED) is 0.476. The second-order valence-electron chi connectivity index (χ2n) is 5.98. The Labute approximate surface area is 164 Å². The number of rotatable bonds is 4. The first-order chi connectivity index (χ1) is 12.6. The van der Waals surface area contributed by atoms with Crippen LogP contribution >= 0.6 is 22.6 Å². The zero-order valence-electron chi connectivity index (χ0n) is 14.1. The minimum absolute atomic E-state index is 0.195. The first-order valence-corrected chi connectivity index (χ1v) is 9.17. The molecule has 4 aromatic rings. The van der Waals surface area contributed by atoms with E-state index in [1.165, 1.54) is 16.3 Å². The molecule has 130 valence electrons. The zero-order chi connectivity index (χ0) is 18.1. The van der Waals surface area contributed by atoms with Crippen molar-refractivity contribution >= 4 is 45.0 Å². The number of halogens is 1. The van der Waals surface area contributed by atoms with Crippen LogP contribution in [0, 0.1) is 3.57 Å². The van der Waals surface area contributed by atoms with E-state index in [2.05, 4.69) is 62.4 Å². The molecule has 0 fully saturated rings. The van der Waals surface area contributed by atoms with Gasteiger partial charge in [0.05, 0.1) is 28.2 Å². The molecule has 0 atom stereocenters. The van der Waals surface area contributed by atoms with Crippen molar-refractivity contribution in [3.63, 3.8) is 0 Å². The Bertz CT molecular complexity index is 1070. The molecule has 0 spiro atoms. The van der Waals surface area contributed by atoms with Gasteiger partial charge in [-0.1, -0.05) is 42.5 Å². The summed E-state index contributed by atoms with van der Waals surface area (Å²) < 4.78 is 4.20. The highest BCUT2D eigenvalue weighted by molar-refractivity contribution is 14.1. The van der Waals surface area contributed by atoms with Gasteiger partial charge in [-0.2, -0.15) is 10.2 Å². The van der Waals surface area contributed by atoms with Crippen LogP contribution in [0.25, 0.3) is 10.8 Å². The molecule has 0 bridgehead atoms. The third-order valence-corrected chi connectivity index (χ3v) is 5.00. The number of hydrogen-bond donors (Lipinski definition) is 1. The van der Waals surface area contributed by atoms with Crippen molar-refractivity contribution < 1.29 is 4.79 Å². The fraction of sp³-hybridized carbons (Fsp3) is 0.105. The van der Waals surface area contributed by atoms with Crippen LogP contribution in [0.4, 0.5) is 5.69 Å². The van der Waals surface area contributed by atoms with Crippen molar-refractivity contribution in [3.05, 3.63) is 75.9 Å². The Morgan fingerprint density at radius 2 is 1.92 bits per heavy atom. The number of aromatic nitrogens is 4. The van der Waals surface area contributed by atoms with Crippen LogP contribution in [-0.2, 0) is 13.6 Å². The summed E-state index contributed by atoms with van der Waals surface area (Å²) in [6.07, 6.45) is 5.16. The van der Waals surface area contributed by atoms with Crippen LogP contribution < -0.4 is 5.32 Å².